The van der Waals surface area contributed by atoms with Gasteiger partial charge in [0.2, 0.25) is 0 Å². The molecule has 1 amide bonds. The van der Waals surface area contributed by atoms with Crippen LogP contribution >= 0.6 is 0 Å². The van der Waals surface area contributed by atoms with Gasteiger partial charge in [-0.25, -0.2) is 4.79 Å². The highest BCUT2D eigenvalue weighted by molar-refractivity contribution is 5.90. The molecular weight excluding hydrogens is 462 g/mol. The smallest absolute Gasteiger partial charge is 0.415 e. The zero-order valence-electron chi connectivity index (χ0n) is 20.7. The Morgan fingerprint density at radius 3 is 2.50 bits per heavy atom. The largest absolute Gasteiger partial charge is 0.495 e. The maximum atomic E-state index is 12.8. The average molecular weight is 492 g/mol. The number of allylic oxidation sites excluding steroid dienone is 2. The Bertz CT molecular complexity index is 1390. The molecule has 3 heterocycles. The zero-order chi connectivity index (χ0) is 25.3. The number of hydrogen-bond donors (Lipinski definition) is 0. The van der Waals surface area contributed by atoms with Gasteiger partial charge in [0.05, 0.1) is 50.8 Å². The molecule has 188 valence electrons. The van der Waals surface area contributed by atoms with Gasteiger partial charge in [0.25, 0.3) is 5.56 Å². The van der Waals surface area contributed by atoms with Crippen LogP contribution in [0.4, 0.5) is 10.5 Å². The van der Waals surface area contributed by atoms with Crippen LogP contribution in [0.3, 0.4) is 0 Å². The number of anilines is 1. The fourth-order valence-corrected chi connectivity index (χ4v) is 4.97. The molecule has 5 rings (SSSR count). The van der Waals surface area contributed by atoms with Gasteiger partial charge in [-0.1, -0.05) is 11.6 Å². The molecule has 1 aliphatic heterocycles. The highest BCUT2D eigenvalue weighted by atomic mass is 16.6. The van der Waals surface area contributed by atoms with Crippen molar-refractivity contribution in [1.82, 2.24) is 9.55 Å². The SMILES string of the molecule is COc1cnc2ccc(=O)n(CC=C3CCC4(CC3)CN(c3ccc(OC)c(OC)c3)C(=O)O4)c2c1. The Labute approximate surface area is 208 Å². The summed E-state index contributed by atoms with van der Waals surface area (Å²) in [5.74, 6) is 1.78. The van der Waals surface area contributed by atoms with Gasteiger partial charge >= 0.3 is 6.09 Å². The second kappa shape index (κ2) is 9.56. The number of rotatable bonds is 6. The number of pyridine rings is 2. The van der Waals surface area contributed by atoms with Crippen LogP contribution in [0.1, 0.15) is 25.7 Å². The van der Waals surface area contributed by atoms with Crippen LogP contribution in [-0.2, 0) is 11.3 Å². The van der Waals surface area contributed by atoms with Crippen molar-refractivity contribution in [2.45, 2.75) is 37.8 Å². The van der Waals surface area contributed by atoms with Gasteiger partial charge in [-0.15, -0.1) is 0 Å². The van der Waals surface area contributed by atoms with Gasteiger partial charge in [-0.05, 0) is 43.9 Å². The monoisotopic (exact) mass is 491 g/mol. The number of methoxy groups -OCH3 is 3. The second-order valence-corrected chi connectivity index (χ2v) is 9.10. The number of amides is 1. The summed E-state index contributed by atoms with van der Waals surface area (Å²) in [7, 11) is 4.73. The van der Waals surface area contributed by atoms with E-state index in [9.17, 15) is 9.59 Å². The number of carbonyl (C=O) groups is 1. The summed E-state index contributed by atoms with van der Waals surface area (Å²) in [5, 5.41) is 0. The highest BCUT2D eigenvalue weighted by Gasteiger charge is 2.47. The van der Waals surface area contributed by atoms with E-state index in [-0.39, 0.29) is 11.7 Å². The lowest BCUT2D eigenvalue weighted by molar-refractivity contribution is 0.0346. The van der Waals surface area contributed by atoms with Gasteiger partial charge in [0, 0.05) is 24.7 Å². The maximum absolute atomic E-state index is 12.8. The van der Waals surface area contributed by atoms with Crippen molar-refractivity contribution < 1.29 is 23.7 Å². The van der Waals surface area contributed by atoms with Crippen LogP contribution in [0, 0.1) is 0 Å². The predicted molar refractivity (Wildman–Crippen MR) is 135 cm³/mol. The minimum Gasteiger partial charge on any atom is -0.495 e. The summed E-state index contributed by atoms with van der Waals surface area (Å²) in [4.78, 5) is 31.4. The number of hydrogen-bond acceptors (Lipinski definition) is 7. The van der Waals surface area contributed by atoms with E-state index in [1.807, 2.05) is 12.1 Å². The van der Waals surface area contributed by atoms with Crippen molar-refractivity contribution in [1.29, 1.82) is 0 Å². The maximum Gasteiger partial charge on any atom is 0.415 e. The molecule has 1 spiro atoms. The fraction of sp³-hybridized carbons (Fsp3) is 0.370. The van der Waals surface area contributed by atoms with Crippen LogP contribution in [0.2, 0.25) is 0 Å². The first-order chi connectivity index (χ1) is 17.4. The summed E-state index contributed by atoms with van der Waals surface area (Å²) in [6.07, 6.45) is 6.46. The molecule has 1 aromatic carbocycles. The van der Waals surface area contributed by atoms with E-state index in [0.717, 1.165) is 42.4 Å². The first-order valence-corrected chi connectivity index (χ1v) is 11.9. The van der Waals surface area contributed by atoms with E-state index in [0.29, 0.717) is 30.3 Å². The molecule has 9 heteroatoms. The Morgan fingerprint density at radius 1 is 1.00 bits per heavy atom. The standard InChI is InChI=1S/C27H29N3O6/c1-33-20-15-22-21(28-16-20)5-7-25(31)29(22)13-10-18-8-11-27(12-9-18)17-30(26(32)36-27)19-4-6-23(34-2)24(14-19)35-3/h4-7,10,14-16H,8-9,11-13,17H2,1-3H3. The molecule has 9 nitrogen and oxygen atoms in total. The summed E-state index contributed by atoms with van der Waals surface area (Å²) >= 11 is 0. The topological polar surface area (TPSA) is 92.1 Å². The van der Waals surface area contributed by atoms with Crippen LogP contribution in [0.25, 0.3) is 11.0 Å². The fourth-order valence-electron chi connectivity index (χ4n) is 4.97. The van der Waals surface area contributed by atoms with E-state index in [1.54, 1.807) is 55.2 Å². The molecule has 0 radical (unpaired) electrons. The molecule has 0 N–H and O–H groups in total. The van der Waals surface area contributed by atoms with Crippen molar-refractivity contribution in [3.05, 3.63) is 64.6 Å². The van der Waals surface area contributed by atoms with E-state index in [2.05, 4.69) is 11.1 Å². The van der Waals surface area contributed by atoms with E-state index >= 15 is 0 Å². The Balaban J connectivity index is 1.29. The van der Waals surface area contributed by atoms with Crippen LogP contribution < -0.4 is 24.7 Å². The number of fused-ring (bicyclic) bond motifs is 1. The van der Waals surface area contributed by atoms with Gasteiger partial charge in [-0.3, -0.25) is 14.7 Å². The molecule has 1 aliphatic carbocycles. The predicted octanol–water partition coefficient (Wildman–Crippen LogP) is 4.32. The number of ether oxygens (including phenoxy) is 4. The molecule has 2 aliphatic rings. The molecule has 36 heavy (non-hydrogen) atoms. The molecular formula is C27H29N3O6. The Morgan fingerprint density at radius 2 is 1.78 bits per heavy atom. The molecule has 1 saturated carbocycles. The quantitative estimate of drug-likeness (QED) is 0.474. The Kier molecular flexibility index (Phi) is 6.30. The lowest BCUT2D eigenvalue weighted by Crippen LogP contribution is -2.37. The lowest BCUT2D eigenvalue weighted by Gasteiger charge is -2.32. The summed E-state index contributed by atoms with van der Waals surface area (Å²) in [5.41, 5.74) is 2.84. The molecule has 0 unspecified atom stereocenters. The molecule has 2 aromatic heterocycles. The van der Waals surface area contributed by atoms with Crippen molar-refractivity contribution in [3.63, 3.8) is 0 Å². The molecule has 1 saturated heterocycles. The summed E-state index contributed by atoms with van der Waals surface area (Å²) in [6.45, 7) is 0.938. The average Bonchev–Trinajstić information content (AvgIpc) is 3.23. The number of aromatic nitrogens is 2. The zero-order valence-corrected chi connectivity index (χ0v) is 20.7. The van der Waals surface area contributed by atoms with E-state index in [4.69, 9.17) is 18.9 Å². The molecule has 0 bridgehead atoms. The highest BCUT2D eigenvalue weighted by Crippen LogP contribution is 2.42. The lowest BCUT2D eigenvalue weighted by atomic mass is 9.82. The minimum absolute atomic E-state index is 0.0861. The van der Waals surface area contributed by atoms with Gasteiger partial charge in [0.15, 0.2) is 11.5 Å². The van der Waals surface area contributed by atoms with E-state index in [1.165, 1.54) is 11.6 Å². The van der Waals surface area contributed by atoms with Crippen LogP contribution in [-0.4, -0.2) is 49.1 Å². The normalized spacial score (nSPS) is 19.5. The van der Waals surface area contributed by atoms with Gasteiger partial charge in [-0.2, -0.15) is 0 Å². The van der Waals surface area contributed by atoms with Gasteiger partial charge < -0.3 is 23.5 Å². The summed E-state index contributed by atoms with van der Waals surface area (Å²) < 4.78 is 23.6. The van der Waals surface area contributed by atoms with Crippen LogP contribution in [0.5, 0.6) is 17.2 Å². The third-order valence-electron chi connectivity index (χ3n) is 7.06. The number of carbonyl (C=O) groups excluding carboxylic acids is 1. The van der Waals surface area contributed by atoms with Crippen LogP contribution in [0.15, 0.2) is 59.0 Å². The van der Waals surface area contributed by atoms with Crippen molar-refractivity contribution in [2.24, 2.45) is 0 Å². The third-order valence-corrected chi connectivity index (χ3v) is 7.06. The first-order valence-electron chi connectivity index (χ1n) is 11.9. The number of benzene rings is 1. The van der Waals surface area contributed by atoms with Gasteiger partial charge in [0.1, 0.15) is 11.4 Å². The van der Waals surface area contributed by atoms with Crippen molar-refractivity contribution >= 4 is 22.8 Å². The number of nitrogens with zero attached hydrogens (tertiary/aromatic N) is 3. The first kappa shape index (κ1) is 23.7. The second-order valence-electron chi connectivity index (χ2n) is 9.10. The van der Waals surface area contributed by atoms with E-state index < -0.39 is 5.60 Å². The minimum atomic E-state index is -0.519. The Hall–Kier alpha value is -4.01. The summed E-state index contributed by atoms with van der Waals surface area (Å²) in [6, 6.07) is 10.5. The molecule has 3 aromatic rings. The van der Waals surface area contributed by atoms with Crippen molar-refractivity contribution in [3.8, 4) is 17.2 Å². The van der Waals surface area contributed by atoms with Crippen molar-refractivity contribution in [2.75, 3.05) is 32.8 Å². The third kappa shape index (κ3) is 4.36. The molecule has 0 atom stereocenters. The molecule has 2 fully saturated rings.